The van der Waals surface area contributed by atoms with Gasteiger partial charge in [-0.25, -0.2) is 4.79 Å². The molecule has 7 heteroatoms. The molecule has 1 aromatic rings. The van der Waals surface area contributed by atoms with Gasteiger partial charge in [-0.3, -0.25) is 9.69 Å². The molecule has 0 radical (unpaired) electrons. The quantitative estimate of drug-likeness (QED) is 0.653. The first kappa shape index (κ1) is 16.7. The largest absolute Gasteiger partial charge is 0.352 e. The van der Waals surface area contributed by atoms with Gasteiger partial charge in [0.25, 0.3) is 5.91 Å². The van der Waals surface area contributed by atoms with E-state index in [0.717, 1.165) is 44.8 Å². The number of carbonyl (C=O) groups excluding carboxylic acids is 2. The summed E-state index contributed by atoms with van der Waals surface area (Å²) in [7, 11) is 0. The van der Waals surface area contributed by atoms with Crippen LogP contribution in [0.3, 0.4) is 0 Å². The molecule has 7 nitrogen and oxygen atoms in total. The van der Waals surface area contributed by atoms with Crippen molar-refractivity contribution in [1.29, 1.82) is 0 Å². The highest BCUT2D eigenvalue weighted by molar-refractivity contribution is 5.96. The summed E-state index contributed by atoms with van der Waals surface area (Å²) in [5, 5.41) is 9.06. The molecule has 0 aliphatic carbocycles. The minimum Gasteiger partial charge on any atom is -0.352 e. The van der Waals surface area contributed by atoms with Crippen LogP contribution < -0.4 is 20.9 Å². The highest BCUT2D eigenvalue weighted by atomic mass is 16.2. The van der Waals surface area contributed by atoms with Gasteiger partial charge in [-0.05, 0) is 37.2 Å². The van der Waals surface area contributed by atoms with Crippen LogP contribution >= 0.6 is 0 Å². The fourth-order valence-electron chi connectivity index (χ4n) is 3.05. The van der Waals surface area contributed by atoms with Crippen LogP contribution in [0.4, 0.5) is 10.5 Å². The van der Waals surface area contributed by atoms with Crippen molar-refractivity contribution in [3.63, 3.8) is 0 Å². The lowest BCUT2D eigenvalue weighted by atomic mass is 10.2. The molecule has 3 N–H and O–H groups in total. The van der Waals surface area contributed by atoms with E-state index in [1.54, 1.807) is 17.0 Å². The second-order valence-corrected chi connectivity index (χ2v) is 6.13. The van der Waals surface area contributed by atoms with Crippen molar-refractivity contribution in [1.82, 2.24) is 20.9 Å². The standard InChI is InChI=1S/C17H25N5O2/c23-16(19-6-1-10-21-11-7-18-8-12-21)14-2-4-15(5-3-14)22-13-9-20-17(22)24/h2-5,18H,1,6-13H2,(H,19,23)(H,20,24). The molecule has 0 aromatic heterocycles. The van der Waals surface area contributed by atoms with Crippen molar-refractivity contribution < 1.29 is 9.59 Å². The SMILES string of the molecule is O=C(NCCCN1CCNCC1)c1ccc(N2CCNC2=O)cc1. The molecule has 24 heavy (non-hydrogen) atoms. The molecule has 2 fully saturated rings. The molecule has 130 valence electrons. The molecule has 0 atom stereocenters. The maximum atomic E-state index is 12.2. The molecule has 2 aliphatic heterocycles. The number of benzene rings is 1. The Morgan fingerprint density at radius 3 is 2.50 bits per heavy atom. The Morgan fingerprint density at radius 2 is 1.83 bits per heavy atom. The highest BCUT2D eigenvalue weighted by Crippen LogP contribution is 2.17. The summed E-state index contributed by atoms with van der Waals surface area (Å²) in [6, 6.07) is 7.10. The first-order valence-electron chi connectivity index (χ1n) is 8.61. The Labute approximate surface area is 142 Å². The molecule has 2 saturated heterocycles. The minimum absolute atomic E-state index is 0.0623. The summed E-state index contributed by atoms with van der Waals surface area (Å²) < 4.78 is 0. The zero-order valence-electron chi connectivity index (χ0n) is 13.9. The molecular formula is C17H25N5O2. The van der Waals surface area contributed by atoms with Crippen LogP contribution in [0.1, 0.15) is 16.8 Å². The van der Waals surface area contributed by atoms with Gasteiger partial charge in [0.2, 0.25) is 0 Å². The zero-order valence-corrected chi connectivity index (χ0v) is 13.9. The summed E-state index contributed by atoms with van der Waals surface area (Å²) in [4.78, 5) is 27.9. The van der Waals surface area contributed by atoms with E-state index in [4.69, 9.17) is 0 Å². The number of nitrogens with one attached hydrogen (secondary N) is 3. The van der Waals surface area contributed by atoms with E-state index in [0.29, 0.717) is 25.2 Å². The molecule has 0 saturated carbocycles. The van der Waals surface area contributed by atoms with Crippen molar-refractivity contribution in [2.75, 3.05) is 57.3 Å². The molecule has 2 heterocycles. The smallest absolute Gasteiger partial charge is 0.321 e. The molecule has 2 aliphatic rings. The van der Waals surface area contributed by atoms with Crippen LogP contribution in [0.15, 0.2) is 24.3 Å². The zero-order chi connectivity index (χ0) is 16.8. The van der Waals surface area contributed by atoms with Gasteiger partial charge in [0, 0.05) is 57.1 Å². The van der Waals surface area contributed by atoms with Gasteiger partial charge in [0.1, 0.15) is 0 Å². The lowest BCUT2D eigenvalue weighted by molar-refractivity contribution is 0.0951. The number of piperazine rings is 1. The third kappa shape index (κ3) is 4.24. The Bertz CT molecular complexity index is 569. The van der Waals surface area contributed by atoms with Gasteiger partial charge in [0.15, 0.2) is 0 Å². The Kier molecular flexibility index (Phi) is 5.66. The summed E-state index contributed by atoms with van der Waals surface area (Å²) in [6.45, 7) is 7.29. The van der Waals surface area contributed by atoms with E-state index in [-0.39, 0.29) is 11.9 Å². The van der Waals surface area contributed by atoms with Gasteiger partial charge in [-0.15, -0.1) is 0 Å². The molecule has 1 aromatic carbocycles. The Morgan fingerprint density at radius 1 is 1.08 bits per heavy atom. The van der Waals surface area contributed by atoms with Crippen LogP contribution in [0.25, 0.3) is 0 Å². The van der Waals surface area contributed by atoms with Gasteiger partial charge >= 0.3 is 6.03 Å². The van der Waals surface area contributed by atoms with Crippen molar-refractivity contribution in [3.8, 4) is 0 Å². The molecular weight excluding hydrogens is 306 g/mol. The predicted octanol–water partition coefficient (Wildman–Crippen LogP) is 0.241. The van der Waals surface area contributed by atoms with Crippen LogP contribution in [0, 0.1) is 0 Å². The monoisotopic (exact) mass is 331 g/mol. The molecule has 0 bridgehead atoms. The normalized spacial score (nSPS) is 18.5. The lowest BCUT2D eigenvalue weighted by Gasteiger charge is -2.27. The van der Waals surface area contributed by atoms with Crippen molar-refractivity contribution in [3.05, 3.63) is 29.8 Å². The van der Waals surface area contributed by atoms with Gasteiger partial charge in [-0.1, -0.05) is 0 Å². The fourth-order valence-corrected chi connectivity index (χ4v) is 3.05. The number of urea groups is 1. The van der Waals surface area contributed by atoms with Crippen molar-refractivity contribution in [2.45, 2.75) is 6.42 Å². The maximum absolute atomic E-state index is 12.2. The third-order valence-corrected chi connectivity index (χ3v) is 4.44. The summed E-state index contributed by atoms with van der Waals surface area (Å²) in [5.41, 5.74) is 1.45. The summed E-state index contributed by atoms with van der Waals surface area (Å²) in [5.74, 6) is -0.0623. The number of nitrogens with zero attached hydrogens (tertiary/aromatic N) is 2. The van der Waals surface area contributed by atoms with E-state index in [1.807, 2.05) is 12.1 Å². The Hall–Kier alpha value is -2.12. The number of carbonyl (C=O) groups is 2. The van der Waals surface area contributed by atoms with Gasteiger partial charge < -0.3 is 20.9 Å². The van der Waals surface area contributed by atoms with Crippen molar-refractivity contribution >= 4 is 17.6 Å². The fraction of sp³-hybridized carbons (Fsp3) is 0.529. The number of hydrogen-bond acceptors (Lipinski definition) is 4. The number of amides is 3. The summed E-state index contributed by atoms with van der Waals surface area (Å²) in [6.07, 6.45) is 0.956. The van der Waals surface area contributed by atoms with E-state index in [9.17, 15) is 9.59 Å². The summed E-state index contributed by atoms with van der Waals surface area (Å²) >= 11 is 0. The van der Waals surface area contributed by atoms with Gasteiger partial charge in [0.05, 0.1) is 0 Å². The van der Waals surface area contributed by atoms with E-state index < -0.39 is 0 Å². The second kappa shape index (κ2) is 8.12. The third-order valence-electron chi connectivity index (χ3n) is 4.44. The molecule has 3 amide bonds. The first-order valence-corrected chi connectivity index (χ1v) is 8.61. The van der Waals surface area contributed by atoms with Crippen molar-refractivity contribution in [2.24, 2.45) is 0 Å². The van der Waals surface area contributed by atoms with E-state index in [1.165, 1.54) is 0 Å². The predicted molar refractivity (Wildman–Crippen MR) is 93.4 cm³/mol. The maximum Gasteiger partial charge on any atom is 0.321 e. The average molecular weight is 331 g/mol. The van der Waals surface area contributed by atoms with E-state index >= 15 is 0 Å². The van der Waals surface area contributed by atoms with Crippen LogP contribution in [0.2, 0.25) is 0 Å². The number of anilines is 1. The van der Waals surface area contributed by atoms with Crippen LogP contribution in [-0.2, 0) is 0 Å². The topological polar surface area (TPSA) is 76.7 Å². The second-order valence-electron chi connectivity index (χ2n) is 6.13. The number of rotatable bonds is 6. The molecule has 0 spiro atoms. The van der Waals surface area contributed by atoms with Gasteiger partial charge in [-0.2, -0.15) is 0 Å². The van der Waals surface area contributed by atoms with E-state index in [2.05, 4.69) is 20.9 Å². The minimum atomic E-state index is -0.0832. The van der Waals surface area contributed by atoms with Crippen LogP contribution in [0.5, 0.6) is 0 Å². The average Bonchev–Trinajstić information content (AvgIpc) is 3.05. The number of hydrogen-bond donors (Lipinski definition) is 3. The lowest BCUT2D eigenvalue weighted by Crippen LogP contribution is -2.44. The first-order chi connectivity index (χ1) is 11.7. The molecule has 0 unspecified atom stereocenters. The highest BCUT2D eigenvalue weighted by Gasteiger charge is 2.21. The van der Waals surface area contributed by atoms with Crippen LogP contribution in [-0.4, -0.2) is 69.2 Å². The molecule has 3 rings (SSSR count). The Balaban J connectivity index is 1.42.